The number of hydrogen-bond acceptors (Lipinski definition) is 4. The molecule has 1 fully saturated rings. The molecule has 6 nitrogen and oxygen atoms in total. The van der Waals surface area contributed by atoms with Crippen molar-refractivity contribution in [3.8, 4) is 5.75 Å². The van der Waals surface area contributed by atoms with Crippen molar-refractivity contribution in [3.05, 3.63) is 65.2 Å². The van der Waals surface area contributed by atoms with Gasteiger partial charge < -0.3 is 20.5 Å². The highest BCUT2D eigenvalue weighted by atomic mass is 16.5. The van der Waals surface area contributed by atoms with E-state index in [1.165, 1.54) is 11.1 Å². The number of para-hydroxylation sites is 1. The second-order valence-electron chi connectivity index (χ2n) is 7.81. The van der Waals surface area contributed by atoms with Gasteiger partial charge in [0.1, 0.15) is 5.75 Å². The van der Waals surface area contributed by atoms with E-state index in [1.807, 2.05) is 18.2 Å². The van der Waals surface area contributed by atoms with Crippen LogP contribution in [0.2, 0.25) is 0 Å². The van der Waals surface area contributed by atoms with Gasteiger partial charge in [-0.25, -0.2) is 4.99 Å². The van der Waals surface area contributed by atoms with Crippen molar-refractivity contribution >= 4 is 5.96 Å². The van der Waals surface area contributed by atoms with Crippen molar-refractivity contribution in [2.45, 2.75) is 38.6 Å². The number of nitrogens with one attached hydrogen (secondary N) is 1. The SMILES string of the molecule is CC1CN(Cc2cccc(CN=C(N)NC3CCOc4ccccc43)c2)CCO1. The van der Waals surface area contributed by atoms with Gasteiger partial charge in [-0.05, 0) is 24.1 Å². The molecular weight excluding hydrogens is 364 g/mol. The predicted octanol–water partition coefficient (Wildman–Crippen LogP) is 2.84. The van der Waals surface area contributed by atoms with E-state index in [0.717, 1.165) is 44.0 Å². The van der Waals surface area contributed by atoms with E-state index in [1.54, 1.807) is 0 Å². The van der Waals surface area contributed by atoms with E-state index in [4.69, 9.17) is 15.2 Å². The average Bonchev–Trinajstić information content (AvgIpc) is 2.73. The molecule has 2 aromatic carbocycles. The molecule has 2 unspecified atom stereocenters. The van der Waals surface area contributed by atoms with Crippen LogP contribution in [0, 0.1) is 0 Å². The lowest BCUT2D eigenvalue weighted by Crippen LogP contribution is -2.40. The van der Waals surface area contributed by atoms with Crippen molar-refractivity contribution in [2.75, 3.05) is 26.3 Å². The zero-order valence-electron chi connectivity index (χ0n) is 17.0. The molecule has 29 heavy (non-hydrogen) atoms. The Balaban J connectivity index is 1.35. The Kier molecular flexibility index (Phi) is 6.32. The normalized spacial score (nSPS) is 22.6. The van der Waals surface area contributed by atoms with Crippen LogP contribution in [0.4, 0.5) is 0 Å². The maximum absolute atomic E-state index is 6.19. The summed E-state index contributed by atoms with van der Waals surface area (Å²) in [7, 11) is 0. The molecule has 0 aromatic heterocycles. The van der Waals surface area contributed by atoms with Crippen LogP contribution in [0.15, 0.2) is 53.5 Å². The summed E-state index contributed by atoms with van der Waals surface area (Å²) in [5.41, 5.74) is 9.80. The maximum Gasteiger partial charge on any atom is 0.189 e. The van der Waals surface area contributed by atoms with Gasteiger partial charge in [-0.15, -0.1) is 0 Å². The summed E-state index contributed by atoms with van der Waals surface area (Å²) in [6.45, 7) is 7.09. The Labute approximate surface area is 172 Å². The molecule has 0 aliphatic carbocycles. The largest absolute Gasteiger partial charge is 0.493 e. The number of fused-ring (bicyclic) bond motifs is 1. The highest BCUT2D eigenvalue weighted by Gasteiger charge is 2.21. The topological polar surface area (TPSA) is 72.1 Å². The molecule has 2 heterocycles. The van der Waals surface area contributed by atoms with Crippen molar-refractivity contribution in [1.29, 1.82) is 0 Å². The van der Waals surface area contributed by atoms with Gasteiger partial charge in [0.2, 0.25) is 0 Å². The average molecular weight is 395 g/mol. The first kappa shape index (κ1) is 19.7. The Morgan fingerprint density at radius 3 is 2.93 bits per heavy atom. The molecule has 0 spiro atoms. The standard InChI is InChI=1S/C23H30N4O2/c1-17-15-27(10-12-28-17)16-19-6-4-5-18(13-19)14-25-23(24)26-21-9-11-29-22-8-3-2-7-20(21)22/h2-8,13,17,21H,9-12,14-16H2,1H3,(H3,24,25,26). The number of benzene rings is 2. The lowest BCUT2D eigenvalue weighted by molar-refractivity contribution is -0.0212. The van der Waals surface area contributed by atoms with Crippen molar-refractivity contribution < 1.29 is 9.47 Å². The summed E-state index contributed by atoms with van der Waals surface area (Å²) < 4.78 is 11.3. The molecule has 1 saturated heterocycles. The summed E-state index contributed by atoms with van der Waals surface area (Å²) >= 11 is 0. The van der Waals surface area contributed by atoms with Crippen LogP contribution in [0.5, 0.6) is 5.75 Å². The zero-order valence-corrected chi connectivity index (χ0v) is 17.0. The molecule has 2 aliphatic rings. The molecule has 2 aromatic rings. The lowest BCUT2D eigenvalue weighted by atomic mass is 10.0. The monoisotopic (exact) mass is 394 g/mol. The van der Waals surface area contributed by atoms with Crippen LogP contribution in [-0.4, -0.2) is 43.3 Å². The fraction of sp³-hybridized carbons (Fsp3) is 0.435. The predicted molar refractivity (Wildman–Crippen MR) is 115 cm³/mol. The van der Waals surface area contributed by atoms with Gasteiger partial charge in [-0.3, -0.25) is 4.90 Å². The first-order chi connectivity index (χ1) is 14.2. The van der Waals surface area contributed by atoms with Gasteiger partial charge in [0.15, 0.2) is 5.96 Å². The number of ether oxygens (including phenoxy) is 2. The summed E-state index contributed by atoms with van der Waals surface area (Å²) in [6.07, 6.45) is 1.18. The van der Waals surface area contributed by atoms with E-state index < -0.39 is 0 Å². The number of nitrogens with zero attached hydrogens (tertiary/aromatic N) is 2. The lowest BCUT2D eigenvalue weighted by Gasteiger charge is -2.31. The van der Waals surface area contributed by atoms with E-state index in [0.29, 0.717) is 25.2 Å². The quantitative estimate of drug-likeness (QED) is 0.603. The minimum atomic E-state index is 0.137. The van der Waals surface area contributed by atoms with Gasteiger partial charge in [-0.1, -0.05) is 42.5 Å². The van der Waals surface area contributed by atoms with Gasteiger partial charge >= 0.3 is 0 Å². The number of aliphatic imine (C=N–C) groups is 1. The summed E-state index contributed by atoms with van der Waals surface area (Å²) in [5, 5.41) is 3.36. The minimum Gasteiger partial charge on any atom is -0.493 e. The highest BCUT2D eigenvalue weighted by molar-refractivity contribution is 5.78. The molecule has 6 heteroatoms. The Hall–Kier alpha value is -2.57. The maximum atomic E-state index is 6.19. The fourth-order valence-corrected chi connectivity index (χ4v) is 4.01. The molecule has 0 radical (unpaired) electrons. The molecule has 2 aliphatic heterocycles. The molecular formula is C23H30N4O2. The number of guanidine groups is 1. The highest BCUT2D eigenvalue weighted by Crippen LogP contribution is 2.31. The Morgan fingerprint density at radius 1 is 1.17 bits per heavy atom. The molecule has 0 bridgehead atoms. The number of nitrogens with two attached hydrogens (primary N) is 1. The third-order valence-corrected chi connectivity index (χ3v) is 5.44. The zero-order chi connectivity index (χ0) is 20.1. The molecule has 4 rings (SSSR count). The van der Waals surface area contributed by atoms with Crippen molar-refractivity contribution in [3.63, 3.8) is 0 Å². The Morgan fingerprint density at radius 2 is 2.03 bits per heavy atom. The summed E-state index contributed by atoms with van der Waals surface area (Å²) in [4.78, 5) is 7.01. The van der Waals surface area contributed by atoms with E-state index in [2.05, 4.69) is 52.5 Å². The van der Waals surface area contributed by atoms with E-state index >= 15 is 0 Å². The van der Waals surface area contributed by atoms with Crippen molar-refractivity contribution in [1.82, 2.24) is 10.2 Å². The first-order valence-corrected chi connectivity index (χ1v) is 10.4. The number of hydrogen-bond donors (Lipinski definition) is 2. The van der Waals surface area contributed by atoms with Gasteiger partial charge in [-0.2, -0.15) is 0 Å². The van der Waals surface area contributed by atoms with E-state index in [-0.39, 0.29) is 6.04 Å². The molecule has 0 saturated carbocycles. The second kappa shape index (κ2) is 9.29. The molecule has 3 N–H and O–H groups in total. The number of morpholine rings is 1. The summed E-state index contributed by atoms with van der Waals surface area (Å²) in [6, 6.07) is 16.8. The fourth-order valence-electron chi connectivity index (χ4n) is 4.01. The van der Waals surface area contributed by atoms with Crippen molar-refractivity contribution in [2.24, 2.45) is 10.7 Å². The second-order valence-corrected chi connectivity index (χ2v) is 7.81. The third kappa shape index (κ3) is 5.28. The molecule has 0 amide bonds. The third-order valence-electron chi connectivity index (χ3n) is 5.44. The number of rotatable bonds is 5. The summed E-state index contributed by atoms with van der Waals surface area (Å²) in [5.74, 6) is 1.40. The smallest absolute Gasteiger partial charge is 0.189 e. The first-order valence-electron chi connectivity index (χ1n) is 10.4. The van der Waals surface area contributed by atoms with Gasteiger partial charge in [0, 0.05) is 31.6 Å². The molecule has 2 atom stereocenters. The van der Waals surface area contributed by atoms with Crippen LogP contribution in [0.3, 0.4) is 0 Å². The van der Waals surface area contributed by atoms with Crippen LogP contribution >= 0.6 is 0 Å². The van der Waals surface area contributed by atoms with E-state index in [9.17, 15) is 0 Å². The van der Waals surface area contributed by atoms with Crippen LogP contribution in [0.1, 0.15) is 36.1 Å². The minimum absolute atomic E-state index is 0.137. The Bertz CT molecular complexity index is 854. The van der Waals surface area contributed by atoms with Crippen LogP contribution < -0.4 is 15.8 Å². The van der Waals surface area contributed by atoms with Gasteiger partial charge in [0.05, 0.1) is 31.9 Å². The molecule has 154 valence electrons. The van der Waals surface area contributed by atoms with Gasteiger partial charge in [0.25, 0.3) is 0 Å². The van der Waals surface area contributed by atoms with Crippen LogP contribution in [0.25, 0.3) is 0 Å². The van der Waals surface area contributed by atoms with Crippen LogP contribution in [-0.2, 0) is 17.8 Å².